The van der Waals surface area contributed by atoms with Crippen molar-refractivity contribution in [3.8, 4) is 0 Å². The zero-order valence-electron chi connectivity index (χ0n) is 11.8. The molecule has 2 heterocycles. The topological polar surface area (TPSA) is 40.7 Å². The van der Waals surface area contributed by atoms with Crippen LogP contribution in [0, 0.1) is 6.92 Å². The molecule has 2 N–H and O–H groups in total. The molecular weight excluding hydrogens is 326 g/mol. The van der Waals surface area contributed by atoms with Gasteiger partial charge in [0.25, 0.3) is 0 Å². The number of hydrogen-bond acceptors (Lipinski definition) is 2. The monoisotopic (exact) mass is 341 g/mol. The Hall–Kier alpha value is -1.81. The summed E-state index contributed by atoms with van der Waals surface area (Å²) in [7, 11) is 0. The van der Waals surface area contributed by atoms with Crippen molar-refractivity contribution in [2.45, 2.75) is 19.3 Å². The number of para-hydroxylation sites is 1. The minimum absolute atomic E-state index is 0.341. The standard InChI is InChI=1S/C17H16BrN3/c1-10-8-11(18)9-15-16(10)21-17(20-15)13-6-7-19-14-5-3-2-4-12(13)14/h2-5,8-9,13,19H,6-7H2,1H3,(H,20,21). The van der Waals surface area contributed by atoms with E-state index in [4.69, 9.17) is 4.98 Å². The summed E-state index contributed by atoms with van der Waals surface area (Å²) in [6.45, 7) is 3.09. The fourth-order valence-corrected chi connectivity index (χ4v) is 3.76. The maximum Gasteiger partial charge on any atom is 0.114 e. The van der Waals surface area contributed by atoms with Crippen LogP contribution in [-0.4, -0.2) is 16.5 Å². The zero-order valence-corrected chi connectivity index (χ0v) is 13.4. The van der Waals surface area contributed by atoms with Crippen molar-refractivity contribution in [3.63, 3.8) is 0 Å². The molecule has 1 aliphatic rings. The van der Waals surface area contributed by atoms with Crippen LogP contribution in [0.2, 0.25) is 0 Å². The Labute approximate surface area is 131 Å². The Morgan fingerprint density at radius 3 is 3.00 bits per heavy atom. The van der Waals surface area contributed by atoms with Gasteiger partial charge in [-0.25, -0.2) is 4.98 Å². The van der Waals surface area contributed by atoms with Crippen molar-refractivity contribution in [2.24, 2.45) is 0 Å². The number of aromatic nitrogens is 2. The molecule has 0 amide bonds. The number of H-pyrrole nitrogens is 1. The average molecular weight is 342 g/mol. The number of imidazole rings is 1. The van der Waals surface area contributed by atoms with E-state index in [1.165, 1.54) is 16.8 Å². The Morgan fingerprint density at radius 2 is 2.10 bits per heavy atom. The minimum Gasteiger partial charge on any atom is -0.385 e. The molecule has 106 valence electrons. The SMILES string of the molecule is Cc1cc(Br)cc2[nH]c(C3CCNc4ccccc43)nc12. The first kappa shape index (κ1) is 12.9. The lowest BCUT2D eigenvalue weighted by atomic mass is 9.90. The number of nitrogens with one attached hydrogen (secondary N) is 2. The van der Waals surface area contributed by atoms with Crippen LogP contribution in [-0.2, 0) is 0 Å². The van der Waals surface area contributed by atoms with Gasteiger partial charge in [0.05, 0.1) is 11.0 Å². The highest BCUT2D eigenvalue weighted by Gasteiger charge is 2.24. The van der Waals surface area contributed by atoms with Crippen molar-refractivity contribution in [2.75, 3.05) is 11.9 Å². The molecule has 0 radical (unpaired) electrons. The maximum absolute atomic E-state index is 4.87. The number of anilines is 1. The molecule has 0 saturated carbocycles. The summed E-state index contributed by atoms with van der Waals surface area (Å²) in [4.78, 5) is 8.39. The lowest BCUT2D eigenvalue weighted by molar-refractivity contribution is 0.686. The van der Waals surface area contributed by atoms with Gasteiger partial charge in [0, 0.05) is 22.6 Å². The van der Waals surface area contributed by atoms with Gasteiger partial charge < -0.3 is 10.3 Å². The van der Waals surface area contributed by atoms with Crippen LogP contribution < -0.4 is 5.32 Å². The van der Waals surface area contributed by atoms with Crippen LogP contribution >= 0.6 is 15.9 Å². The Morgan fingerprint density at radius 1 is 1.24 bits per heavy atom. The molecule has 4 heteroatoms. The molecule has 0 aliphatic carbocycles. The van der Waals surface area contributed by atoms with E-state index in [2.05, 4.69) is 69.6 Å². The highest BCUT2D eigenvalue weighted by atomic mass is 79.9. The van der Waals surface area contributed by atoms with Crippen molar-refractivity contribution < 1.29 is 0 Å². The van der Waals surface area contributed by atoms with Gasteiger partial charge in [0.1, 0.15) is 5.82 Å². The molecule has 4 rings (SSSR count). The van der Waals surface area contributed by atoms with Gasteiger partial charge in [-0.2, -0.15) is 0 Å². The summed E-state index contributed by atoms with van der Waals surface area (Å²) >= 11 is 3.56. The summed E-state index contributed by atoms with van der Waals surface area (Å²) in [6.07, 6.45) is 1.07. The summed E-state index contributed by atoms with van der Waals surface area (Å²) in [6, 6.07) is 12.7. The number of benzene rings is 2. The molecule has 1 aliphatic heterocycles. The molecule has 1 atom stereocenters. The van der Waals surface area contributed by atoms with Crippen molar-refractivity contribution in [1.82, 2.24) is 9.97 Å². The van der Waals surface area contributed by atoms with Crippen LogP contribution in [0.4, 0.5) is 5.69 Å². The van der Waals surface area contributed by atoms with Gasteiger partial charge in [-0.15, -0.1) is 0 Å². The molecular formula is C17H16BrN3. The average Bonchev–Trinajstić information content (AvgIpc) is 2.90. The number of aromatic amines is 1. The fraction of sp³-hybridized carbons (Fsp3) is 0.235. The zero-order chi connectivity index (χ0) is 14.4. The van der Waals surface area contributed by atoms with Crippen LogP contribution in [0.3, 0.4) is 0 Å². The van der Waals surface area contributed by atoms with E-state index in [0.29, 0.717) is 5.92 Å². The molecule has 21 heavy (non-hydrogen) atoms. The quantitative estimate of drug-likeness (QED) is 0.680. The summed E-state index contributed by atoms with van der Waals surface area (Å²) in [5, 5.41) is 3.47. The molecule has 3 nitrogen and oxygen atoms in total. The third-order valence-corrected chi connectivity index (χ3v) is 4.63. The first-order valence-corrected chi connectivity index (χ1v) is 8.00. The van der Waals surface area contributed by atoms with Crippen LogP contribution in [0.15, 0.2) is 40.9 Å². The summed E-state index contributed by atoms with van der Waals surface area (Å²) in [5.74, 6) is 1.41. The van der Waals surface area contributed by atoms with E-state index in [0.717, 1.165) is 34.3 Å². The van der Waals surface area contributed by atoms with E-state index < -0.39 is 0 Å². The smallest absolute Gasteiger partial charge is 0.114 e. The Kier molecular flexibility index (Phi) is 3.00. The van der Waals surface area contributed by atoms with E-state index in [1.54, 1.807) is 0 Å². The number of fused-ring (bicyclic) bond motifs is 2. The van der Waals surface area contributed by atoms with E-state index in [-0.39, 0.29) is 0 Å². The molecule has 1 aromatic heterocycles. The molecule has 0 fully saturated rings. The maximum atomic E-state index is 4.87. The molecule has 3 aromatic rings. The Balaban J connectivity index is 1.86. The molecule has 2 aromatic carbocycles. The van der Waals surface area contributed by atoms with Gasteiger partial charge in [0.15, 0.2) is 0 Å². The molecule has 1 unspecified atom stereocenters. The number of halogens is 1. The van der Waals surface area contributed by atoms with Crippen molar-refractivity contribution in [1.29, 1.82) is 0 Å². The second kappa shape index (κ2) is 4.88. The highest BCUT2D eigenvalue weighted by Crippen LogP contribution is 2.36. The van der Waals surface area contributed by atoms with Crippen LogP contribution in [0.25, 0.3) is 11.0 Å². The van der Waals surface area contributed by atoms with Crippen molar-refractivity contribution in [3.05, 3.63) is 57.8 Å². The van der Waals surface area contributed by atoms with Crippen LogP contribution in [0.1, 0.15) is 29.3 Å². The highest BCUT2D eigenvalue weighted by molar-refractivity contribution is 9.10. The lowest BCUT2D eigenvalue weighted by Crippen LogP contribution is -2.18. The van der Waals surface area contributed by atoms with Gasteiger partial charge in [-0.1, -0.05) is 34.1 Å². The largest absolute Gasteiger partial charge is 0.385 e. The van der Waals surface area contributed by atoms with Gasteiger partial charge in [-0.05, 0) is 42.7 Å². The van der Waals surface area contributed by atoms with E-state index in [9.17, 15) is 0 Å². The molecule has 0 spiro atoms. The first-order chi connectivity index (χ1) is 10.2. The predicted molar refractivity (Wildman–Crippen MR) is 89.9 cm³/mol. The van der Waals surface area contributed by atoms with Gasteiger partial charge in [-0.3, -0.25) is 0 Å². The normalized spacial score (nSPS) is 17.5. The number of rotatable bonds is 1. The lowest BCUT2D eigenvalue weighted by Gasteiger charge is -2.25. The summed E-state index contributed by atoms with van der Waals surface area (Å²) in [5.41, 5.74) is 5.94. The van der Waals surface area contributed by atoms with Crippen LogP contribution in [0.5, 0.6) is 0 Å². The second-order valence-corrected chi connectivity index (χ2v) is 6.51. The number of nitrogens with zero attached hydrogens (tertiary/aromatic N) is 1. The van der Waals surface area contributed by atoms with E-state index in [1.807, 2.05) is 0 Å². The number of aryl methyl sites for hydroxylation is 1. The molecule has 0 saturated heterocycles. The predicted octanol–water partition coefficient (Wildman–Crippen LogP) is 4.58. The number of hydrogen-bond donors (Lipinski definition) is 2. The van der Waals surface area contributed by atoms with Crippen molar-refractivity contribution >= 4 is 32.7 Å². The fourth-order valence-electron chi connectivity index (χ4n) is 3.18. The minimum atomic E-state index is 0.341. The molecule has 0 bridgehead atoms. The first-order valence-electron chi connectivity index (χ1n) is 7.21. The third kappa shape index (κ3) is 2.14. The summed E-state index contributed by atoms with van der Waals surface area (Å²) < 4.78 is 1.09. The van der Waals surface area contributed by atoms with Gasteiger partial charge >= 0.3 is 0 Å². The van der Waals surface area contributed by atoms with Gasteiger partial charge in [0.2, 0.25) is 0 Å². The third-order valence-electron chi connectivity index (χ3n) is 4.17. The van der Waals surface area contributed by atoms with E-state index >= 15 is 0 Å². The Bertz CT molecular complexity index is 822. The second-order valence-electron chi connectivity index (χ2n) is 5.60.